The molecule has 2 spiro atoms. The standard InChI is InChI=1S/C16H25NO3/c1-10-8-12(18)15-4-2-6-17-7-3-5-16(15,17)13(19)9-11(15)14(10)20/h10-12,14,18,20H,2-9H2,1H3/t10-,11-,12-,14-,15-,16-/m0/s1. The topological polar surface area (TPSA) is 60.8 Å². The summed E-state index contributed by atoms with van der Waals surface area (Å²) in [6, 6.07) is 0. The van der Waals surface area contributed by atoms with Crippen molar-refractivity contribution in [1.29, 1.82) is 0 Å². The molecule has 2 heterocycles. The molecule has 2 saturated heterocycles. The van der Waals surface area contributed by atoms with E-state index < -0.39 is 17.7 Å². The number of nitrogens with zero attached hydrogens (tertiary/aromatic N) is 1. The van der Waals surface area contributed by atoms with Crippen LogP contribution in [-0.2, 0) is 4.79 Å². The van der Waals surface area contributed by atoms with Crippen molar-refractivity contribution in [3.63, 3.8) is 0 Å². The van der Waals surface area contributed by atoms with E-state index in [9.17, 15) is 15.0 Å². The van der Waals surface area contributed by atoms with Crippen LogP contribution in [-0.4, -0.2) is 51.7 Å². The molecule has 4 rings (SSSR count). The second-order valence-corrected chi connectivity index (χ2v) is 7.55. The summed E-state index contributed by atoms with van der Waals surface area (Å²) in [6.45, 7) is 3.97. The Bertz CT molecular complexity index is 453. The fourth-order valence-electron chi connectivity index (χ4n) is 6.31. The molecule has 112 valence electrons. The van der Waals surface area contributed by atoms with Gasteiger partial charge in [-0.2, -0.15) is 0 Å². The largest absolute Gasteiger partial charge is 0.393 e. The lowest BCUT2D eigenvalue weighted by molar-refractivity contribution is -0.186. The van der Waals surface area contributed by atoms with Gasteiger partial charge in [0.1, 0.15) is 0 Å². The van der Waals surface area contributed by atoms with E-state index in [1.165, 1.54) is 0 Å². The molecule has 0 aromatic rings. The Hall–Kier alpha value is -0.450. The van der Waals surface area contributed by atoms with Crippen molar-refractivity contribution in [2.24, 2.45) is 17.3 Å². The van der Waals surface area contributed by atoms with E-state index >= 15 is 0 Å². The minimum absolute atomic E-state index is 0.0327. The molecule has 4 nitrogen and oxygen atoms in total. The van der Waals surface area contributed by atoms with Crippen molar-refractivity contribution < 1.29 is 15.0 Å². The fraction of sp³-hybridized carbons (Fsp3) is 0.938. The molecule has 2 aliphatic heterocycles. The first kappa shape index (κ1) is 13.2. The second-order valence-electron chi connectivity index (χ2n) is 7.55. The van der Waals surface area contributed by atoms with Gasteiger partial charge in [-0.25, -0.2) is 0 Å². The maximum Gasteiger partial charge on any atom is 0.154 e. The molecule has 2 aliphatic carbocycles. The maximum atomic E-state index is 12.9. The summed E-state index contributed by atoms with van der Waals surface area (Å²) in [5.74, 6) is 0.363. The highest BCUT2D eigenvalue weighted by atomic mass is 16.3. The Labute approximate surface area is 120 Å². The predicted octanol–water partition coefficient (Wildman–Crippen LogP) is 0.952. The molecule has 4 fully saturated rings. The number of aliphatic hydroxyl groups is 2. The summed E-state index contributed by atoms with van der Waals surface area (Å²) in [5.41, 5.74) is -0.818. The van der Waals surface area contributed by atoms with Gasteiger partial charge in [-0.1, -0.05) is 6.92 Å². The molecule has 0 aromatic heterocycles. The zero-order chi connectivity index (χ0) is 14.1. The summed E-state index contributed by atoms with van der Waals surface area (Å²) in [7, 11) is 0. The fourth-order valence-corrected chi connectivity index (χ4v) is 6.31. The normalized spacial score (nSPS) is 55.5. The van der Waals surface area contributed by atoms with Crippen LogP contribution in [0.4, 0.5) is 0 Å². The molecule has 0 amide bonds. The molecule has 2 N–H and O–H groups in total. The number of piperidine rings is 1. The van der Waals surface area contributed by atoms with Gasteiger partial charge in [0.25, 0.3) is 0 Å². The third kappa shape index (κ3) is 1.23. The van der Waals surface area contributed by atoms with E-state index in [4.69, 9.17) is 0 Å². The molecule has 0 bridgehead atoms. The third-order valence-electron chi connectivity index (χ3n) is 7.01. The summed E-state index contributed by atoms with van der Waals surface area (Å²) >= 11 is 0. The van der Waals surface area contributed by atoms with Crippen molar-refractivity contribution in [1.82, 2.24) is 4.90 Å². The summed E-state index contributed by atoms with van der Waals surface area (Å²) in [6.07, 6.45) is 4.15. The number of aliphatic hydroxyl groups excluding tert-OH is 2. The Morgan fingerprint density at radius 1 is 1.20 bits per heavy atom. The monoisotopic (exact) mass is 279 g/mol. The zero-order valence-electron chi connectivity index (χ0n) is 12.2. The van der Waals surface area contributed by atoms with E-state index in [2.05, 4.69) is 4.90 Å². The van der Waals surface area contributed by atoms with Crippen molar-refractivity contribution in [2.45, 2.75) is 63.2 Å². The number of hydrogen-bond acceptors (Lipinski definition) is 4. The lowest BCUT2D eigenvalue weighted by Crippen LogP contribution is -2.69. The van der Waals surface area contributed by atoms with Gasteiger partial charge in [0.15, 0.2) is 5.78 Å². The number of hydrogen-bond donors (Lipinski definition) is 2. The number of carbonyl (C=O) groups is 1. The van der Waals surface area contributed by atoms with E-state index in [-0.39, 0.29) is 17.3 Å². The van der Waals surface area contributed by atoms with Crippen LogP contribution in [0.3, 0.4) is 0 Å². The summed E-state index contributed by atoms with van der Waals surface area (Å²) in [5, 5.41) is 21.6. The minimum Gasteiger partial charge on any atom is -0.393 e. The van der Waals surface area contributed by atoms with E-state index in [0.29, 0.717) is 18.6 Å². The van der Waals surface area contributed by atoms with Crippen LogP contribution in [0.1, 0.15) is 45.4 Å². The first-order valence-corrected chi connectivity index (χ1v) is 8.18. The van der Waals surface area contributed by atoms with Crippen molar-refractivity contribution >= 4 is 5.78 Å². The molecule has 4 aliphatic rings. The predicted molar refractivity (Wildman–Crippen MR) is 74.1 cm³/mol. The molecule has 4 heteroatoms. The zero-order valence-corrected chi connectivity index (χ0v) is 12.2. The van der Waals surface area contributed by atoms with E-state index in [1.54, 1.807) is 0 Å². The summed E-state index contributed by atoms with van der Waals surface area (Å²) in [4.78, 5) is 15.3. The minimum atomic E-state index is -0.448. The van der Waals surface area contributed by atoms with Crippen molar-refractivity contribution in [2.75, 3.05) is 13.1 Å². The van der Waals surface area contributed by atoms with Crippen LogP contribution >= 0.6 is 0 Å². The number of Topliss-reactive ketones (excluding diaryl/α,β-unsaturated/α-hetero) is 1. The van der Waals surface area contributed by atoms with Gasteiger partial charge in [0.2, 0.25) is 0 Å². The van der Waals surface area contributed by atoms with Crippen molar-refractivity contribution in [3.8, 4) is 0 Å². The van der Waals surface area contributed by atoms with Gasteiger partial charge < -0.3 is 10.2 Å². The molecule has 0 unspecified atom stereocenters. The van der Waals surface area contributed by atoms with Crippen molar-refractivity contribution in [3.05, 3.63) is 0 Å². The lowest BCUT2D eigenvalue weighted by Gasteiger charge is -2.59. The van der Waals surface area contributed by atoms with Crippen LogP contribution in [0.25, 0.3) is 0 Å². The number of carbonyl (C=O) groups excluding carboxylic acids is 1. The molecular formula is C16H25NO3. The molecule has 2 saturated carbocycles. The van der Waals surface area contributed by atoms with Gasteiger partial charge in [0.05, 0.1) is 17.7 Å². The van der Waals surface area contributed by atoms with Crippen LogP contribution in [0.5, 0.6) is 0 Å². The Kier molecular flexibility index (Phi) is 2.68. The van der Waals surface area contributed by atoms with E-state index in [0.717, 1.165) is 38.8 Å². The van der Waals surface area contributed by atoms with Crippen LogP contribution in [0, 0.1) is 17.3 Å². The van der Waals surface area contributed by atoms with Gasteiger partial charge >= 0.3 is 0 Å². The van der Waals surface area contributed by atoms with Gasteiger partial charge in [-0.15, -0.1) is 0 Å². The lowest BCUT2D eigenvalue weighted by atomic mass is 9.52. The maximum absolute atomic E-state index is 12.9. The summed E-state index contributed by atoms with van der Waals surface area (Å²) < 4.78 is 0. The Morgan fingerprint density at radius 2 is 1.90 bits per heavy atom. The molecule has 0 aromatic carbocycles. The highest BCUT2D eigenvalue weighted by Gasteiger charge is 2.74. The SMILES string of the molecule is C[C@H]1C[C@H](O)[C@@]23CCCN4CCC[C@@]42C(=O)C[C@H]3[C@H]1O. The van der Waals surface area contributed by atoms with Crippen LogP contribution in [0.2, 0.25) is 0 Å². The van der Waals surface area contributed by atoms with Gasteiger partial charge in [0, 0.05) is 17.8 Å². The quantitative estimate of drug-likeness (QED) is 0.693. The van der Waals surface area contributed by atoms with E-state index in [1.807, 2.05) is 6.92 Å². The number of rotatable bonds is 0. The molecule has 6 atom stereocenters. The molecule has 20 heavy (non-hydrogen) atoms. The molecule has 0 radical (unpaired) electrons. The highest BCUT2D eigenvalue weighted by Crippen LogP contribution is 2.65. The smallest absolute Gasteiger partial charge is 0.154 e. The first-order chi connectivity index (χ1) is 9.54. The Balaban J connectivity index is 1.88. The van der Waals surface area contributed by atoms with Crippen LogP contribution in [0.15, 0.2) is 0 Å². The third-order valence-corrected chi connectivity index (χ3v) is 7.01. The average Bonchev–Trinajstić information content (AvgIpc) is 2.96. The van der Waals surface area contributed by atoms with Gasteiger partial charge in [-0.05, 0) is 51.1 Å². The first-order valence-electron chi connectivity index (χ1n) is 8.18. The molecular weight excluding hydrogens is 254 g/mol. The van der Waals surface area contributed by atoms with Gasteiger partial charge in [-0.3, -0.25) is 9.69 Å². The highest BCUT2D eigenvalue weighted by molar-refractivity contribution is 5.93. The van der Waals surface area contributed by atoms with Crippen LogP contribution < -0.4 is 0 Å². The second kappa shape index (κ2) is 4.05. The Morgan fingerprint density at radius 3 is 2.65 bits per heavy atom. The number of ketones is 1. The average molecular weight is 279 g/mol.